The summed E-state index contributed by atoms with van der Waals surface area (Å²) in [7, 11) is 0. The number of carbonyl (C=O) groups excluding carboxylic acids is 1. The first-order valence-electron chi connectivity index (χ1n) is 10.6. The van der Waals surface area contributed by atoms with Gasteiger partial charge in [0.15, 0.2) is 11.5 Å². The lowest BCUT2D eigenvalue weighted by Crippen LogP contribution is -2.41. The number of carbonyl (C=O) groups is 1. The van der Waals surface area contributed by atoms with Crippen molar-refractivity contribution in [2.75, 3.05) is 19.8 Å². The number of benzene rings is 1. The summed E-state index contributed by atoms with van der Waals surface area (Å²) in [6.07, 6.45) is 6.51. The Hall–Kier alpha value is -1.75. The molecule has 2 fully saturated rings. The molecule has 0 aromatic heterocycles. The van der Waals surface area contributed by atoms with Gasteiger partial charge in [0.1, 0.15) is 0 Å². The molecule has 4 rings (SSSR count). The Kier molecular flexibility index (Phi) is 5.58. The quantitative estimate of drug-likeness (QED) is 0.833. The first-order chi connectivity index (χ1) is 13.2. The van der Waals surface area contributed by atoms with Crippen LogP contribution in [0.5, 0.6) is 11.5 Å². The van der Waals surface area contributed by atoms with Gasteiger partial charge in [-0.25, -0.2) is 0 Å². The van der Waals surface area contributed by atoms with Crippen LogP contribution in [-0.2, 0) is 17.8 Å². The minimum absolute atomic E-state index is 0.318. The molecule has 1 N–H and O–H groups in total. The lowest BCUT2D eigenvalue weighted by molar-refractivity contribution is -0.133. The number of piperidine rings is 1. The molecule has 0 saturated carbocycles. The van der Waals surface area contributed by atoms with Crippen LogP contribution < -0.4 is 14.8 Å². The van der Waals surface area contributed by atoms with Crippen LogP contribution in [0.25, 0.3) is 0 Å². The predicted octanol–water partition coefficient (Wildman–Crippen LogP) is 3.29. The molecule has 5 heteroatoms. The molecule has 1 aromatic carbocycles. The number of nitrogens with zero attached hydrogens (tertiary/aromatic N) is 1. The van der Waals surface area contributed by atoms with E-state index in [4.69, 9.17) is 9.47 Å². The minimum Gasteiger partial charge on any atom is -0.490 e. The summed E-state index contributed by atoms with van der Waals surface area (Å²) in [5.74, 6) is 2.49. The van der Waals surface area contributed by atoms with Crippen LogP contribution in [0.15, 0.2) is 12.1 Å². The summed E-state index contributed by atoms with van der Waals surface area (Å²) in [4.78, 5) is 15.0. The molecule has 27 heavy (non-hydrogen) atoms. The van der Waals surface area contributed by atoms with Crippen LogP contribution in [-0.4, -0.2) is 42.6 Å². The fourth-order valence-corrected chi connectivity index (χ4v) is 5.03. The van der Waals surface area contributed by atoms with E-state index < -0.39 is 0 Å². The topological polar surface area (TPSA) is 50.8 Å². The van der Waals surface area contributed by atoms with E-state index in [2.05, 4.69) is 17.4 Å². The third-order valence-electron chi connectivity index (χ3n) is 6.26. The third kappa shape index (κ3) is 4.08. The molecule has 0 radical (unpaired) electrons. The second kappa shape index (κ2) is 8.09. The molecule has 3 aliphatic rings. The molecule has 148 valence electrons. The largest absolute Gasteiger partial charge is 0.490 e. The maximum atomic E-state index is 12.9. The zero-order chi connectivity index (χ0) is 18.8. The molecule has 2 bridgehead atoms. The molecule has 2 saturated heterocycles. The average molecular weight is 373 g/mol. The summed E-state index contributed by atoms with van der Waals surface area (Å²) in [6.45, 7) is 6.71. The van der Waals surface area contributed by atoms with E-state index in [1.807, 2.05) is 18.7 Å². The van der Waals surface area contributed by atoms with Crippen molar-refractivity contribution in [1.82, 2.24) is 10.2 Å². The van der Waals surface area contributed by atoms with Crippen molar-refractivity contribution in [2.24, 2.45) is 5.92 Å². The maximum absolute atomic E-state index is 12.9. The highest BCUT2D eigenvalue weighted by molar-refractivity contribution is 5.77. The van der Waals surface area contributed by atoms with Crippen LogP contribution in [0.3, 0.4) is 0 Å². The van der Waals surface area contributed by atoms with E-state index in [-0.39, 0.29) is 0 Å². The number of rotatable bonds is 6. The Morgan fingerprint density at radius 2 is 1.70 bits per heavy atom. The molecule has 0 spiro atoms. The van der Waals surface area contributed by atoms with E-state index in [0.717, 1.165) is 24.5 Å². The van der Waals surface area contributed by atoms with Crippen molar-refractivity contribution in [3.05, 3.63) is 23.3 Å². The molecular formula is C22H32N2O3. The highest BCUT2D eigenvalue weighted by Crippen LogP contribution is 2.36. The van der Waals surface area contributed by atoms with Crippen LogP contribution in [0.1, 0.15) is 57.1 Å². The predicted molar refractivity (Wildman–Crippen MR) is 105 cm³/mol. The van der Waals surface area contributed by atoms with Gasteiger partial charge in [0.2, 0.25) is 5.91 Å². The van der Waals surface area contributed by atoms with Gasteiger partial charge in [-0.05, 0) is 75.1 Å². The van der Waals surface area contributed by atoms with Gasteiger partial charge in [-0.1, -0.05) is 0 Å². The van der Waals surface area contributed by atoms with Gasteiger partial charge in [-0.15, -0.1) is 0 Å². The van der Waals surface area contributed by atoms with Crippen molar-refractivity contribution < 1.29 is 14.3 Å². The van der Waals surface area contributed by atoms with E-state index >= 15 is 0 Å². The summed E-state index contributed by atoms with van der Waals surface area (Å²) >= 11 is 0. The van der Waals surface area contributed by atoms with Crippen LogP contribution in [0, 0.1) is 5.92 Å². The summed E-state index contributed by atoms with van der Waals surface area (Å²) in [5, 5.41) is 3.67. The van der Waals surface area contributed by atoms with Crippen LogP contribution in [0.2, 0.25) is 0 Å². The first-order valence-corrected chi connectivity index (χ1v) is 10.6. The lowest BCUT2D eigenvalue weighted by Gasteiger charge is -2.33. The number of ether oxygens (including phenoxy) is 2. The summed E-state index contributed by atoms with van der Waals surface area (Å²) in [5.41, 5.74) is 2.48. The SMILES string of the molecule is CCOc1cc2c(cc1OCC)CN(C(=O)CC1CC3CCC(C1)N3)CC2. The van der Waals surface area contributed by atoms with Gasteiger partial charge in [-0.3, -0.25) is 4.79 Å². The molecule has 1 amide bonds. The van der Waals surface area contributed by atoms with E-state index in [9.17, 15) is 4.79 Å². The van der Waals surface area contributed by atoms with Gasteiger partial charge in [0, 0.05) is 31.6 Å². The van der Waals surface area contributed by atoms with Crippen molar-refractivity contribution in [3.63, 3.8) is 0 Å². The van der Waals surface area contributed by atoms with Gasteiger partial charge in [-0.2, -0.15) is 0 Å². The monoisotopic (exact) mass is 372 g/mol. The number of hydrogen-bond donors (Lipinski definition) is 1. The Morgan fingerprint density at radius 1 is 1.07 bits per heavy atom. The Balaban J connectivity index is 1.42. The van der Waals surface area contributed by atoms with Crippen molar-refractivity contribution in [2.45, 2.75) is 71.0 Å². The molecule has 1 aromatic rings. The second-order valence-electron chi connectivity index (χ2n) is 8.18. The van der Waals surface area contributed by atoms with Crippen molar-refractivity contribution >= 4 is 5.91 Å². The zero-order valence-corrected chi connectivity index (χ0v) is 16.6. The Morgan fingerprint density at radius 3 is 2.33 bits per heavy atom. The fourth-order valence-electron chi connectivity index (χ4n) is 5.03. The molecule has 2 atom stereocenters. The number of nitrogens with one attached hydrogen (secondary N) is 1. The lowest BCUT2D eigenvalue weighted by atomic mass is 9.89. The molecule has 2 unspecified atom stereocenters. The Labute approximate surface area is 162 Å². The normalized spacial score (nSPS) is 26.6. The average Bonchev–Trinajstić information content (AvgIpc) is 3.00. The third-order valence-corrected chi connectivity index (χ3v) is 6.26. The number of hydrogen-bond acceptors (Lipinski definition) is 4. The minimum atomic E-state index is 0.318. The van der Waals surface area contributed by atoms with Crippen molar-refractivity contribution in [1.29, 1.82) is 0 Å². The Bertz CT molecular complexity index is 678. The fraction of sp³-hybridized carbons (Fsp3) is 0.682. The molecule has 0 aliphatic carbocycles. The molecule has 5 nitrogen and oxygen atoms in total. The molecular weight excluding hydrogens is 340 g/mol. The number of fused-ring (bicyclic) bond motifs is 3. The highest BCUT2D eigenvalue weighted by atomic mass is 16.5. The van der Waals surface area contributed by atoms with Gasteiger partial charge < -0.3 is 19.7 Å². The zero-order valence-electron chi connectivity index (χ0n) is 16.6. The summed E-state index contributed by atoms with van der Waals surface area (Å²) < 4.78 is 11.5. The standard InChI is InChI=1S/C22H32N2O3/c1-3-26-20-12-16-7-8-24(14-17(16)13-21(20)27-4-2)22(25)11-15-9-18-5-6-19(10-15)23-18/h12-13,15,18-19,23H,3-11,14H2,1-2H3. The summed E-state index contributed by atoms with van der Waals surface area (Å²) in [6, 6.07) is 5.48. The van der Waals surface area contributed by atoms with Crippen LogP contribution in [0.4, 0.5) is 0 Å². The maximum Gasteiger partial charge on any atom is 0.223 e. The van der Waals surface area contributed by atoms with Crippen molar-refractivity contribution in [3.8, 4) is 11.5 Å². The van der Waals surface area contributed by atoms with Gasteiger partial charge >= 0.3 is 0 Å². The van der Waals surface area contributed by atoms with E-state index in [0.29, 0.717) is 50.1 Å². The smallest absolute Gasteiger partial charge is 0.223 e. The van der Waals surface area contributed by atoms with E-state index in [1.165, 1.54) is 36.8 Å². The first kappa shape index (κ1) is 18.6. The van der Waals surface area contributed by atoms with E-state index in [1.54, 1.807) is 0 Å². The number of amides is 1. The molecule has 3 heterocycles. The highest BCUT2D eigenvalue weighted by Gasteiger charge is 2.35. The molecule has 3 aliphatic heterocycles. The second-order valence-corrected chi connectivity index (χ2v) is 8.18. The van der Waals surface area contributed by atoms with Crippen LogP contribution >= 0.6 is 0 Å². The van der Waals surface area contributed by atoms with Gasteiger partial charge in [0.05, 0.1) is 13.2 Å². The van der Waals surface area contributed by atoms with Gasteiger partial charge in [0.25, 0.3) is 0 Å².